The predicted octanol–water partition coefficient (Wildman–Crippen LogP) is 3.35. The van der Waals surface area contributed by atoms with E-state index in [1.807, 2.05) is 12.1 Å². The molecule has 0 unspecified atom stereocenters. The van der Waals surface area contributed by atoms with Crippen molar-refractivity contribution in [2.45, 2.75) is 69.2 Å². The number of sulfonamides is 1. The summed E-state index contributed by atoms with van der Waals surface area (Å²) >= 11 is 0. The standard InChI is InChI=1S/C17H26N2O3S/c1-2-3-7-14-10-12-16(13-11-14)23(21,22)19-17(20)18-15-8-5-4-6-9-15/h10-13,15H,2-9H2,1H3,(H2,18,19,20). The molecule has 2 amide bonds. The maximum atomic E-state index is 12.2. The normalized spacial score (nSPS) is 16.0. The number of nitrogens with one attached hydrogen (secondary N) is 2. The molecule has 0 atom stereocenters. The summed E-state index contributed by atoms with van der Waals surface area (Å²) in [6, 6.07) is 6.18. The molecule has 0 aliphatic heterocycles. The zero-order valence-electron chi connectivity index (χ0n) is 13.7. The summed E-state index contributed by atoms with van der Waals surface area (Å²) in [5, 5.41) is 2.75. The first-order valence-electron chi connectivity index (χ1n) is 8.43. The number of urea groups is 1. The van der Waals surface area contributed by atoms with Crippen molar-refractivity contribution in [2.24, 2.45) is 0 Å². The molecule has 23 heavy (non-hydrogen) atoms. The van der Waals surface area contributed by atoms with Crippen LogP contribution in [0.1, 0.15) is 57.4 Å². The van der Waals surface area contributed by atoms with Crippen molar-refractivity contribution >= 4 is 16.1 Å². The van der Waals surface area contributed by atoms with Crippen LogP contribution < -0.4 is 10.0 Å². The van der Waals surface area contributed by atoms with Gasteiger partial charge in [-0.2, -0.15) is 0 Å². The van der Waals surface area contributed by atoms with Gasteiger partial charge in [-0.1, -0.05) is 44.7 Å². The van der Waals surface area contributed by atoms with E-state index in [0.29, 0.717) is 0 Å². The second-order valence-electron chi connectivity index (χ2n) is 6.16. The Labute approximate surface area is 138 Å². The van der Waals surface area contributed by atoms with E-state index >= 15 is 0 Å². The van der Waals surface area contributed by atoms with Gasteiger partial charge in [0.05, 0.1) is 4.90 Å². The summed E-state index contributed by atoms with van der Waals surface area (Å²) in [6.07, 6.45) is 8.29. The summed E-state index contributed by atoms with van der Waals surface area (Å²) in [7, 11) is -3.81. The van der Waals surface area contributed by atoms with Gasteiger partial charge in [0.2, 0.25) is 0 Å². The van der Waals surface area contributed by atoms with Crippen LogP contribution >= 0.6 is 0 Å². The van der Waals surface area contributed by atoms with E-state index in [9.17, 15) is 13.2 Å². The Kier molecular flexibility index (Phi) is 6.45. The molecule has 0 aromatic heterocycles. The minimum atomic E-state index is -3.81. The highest BCUT2D eigenvalue weighted by atomic mass is 32.2. The van der Waals surface area contributed by atoms with Gasteiger partial charge in [-0.15, -0.1) is 0 Å². The molecule has 1 saturated carbocycles. The van der Waals surface area contributed by atoms with Gasteiger partial charge in [0.15, 0.2) is 0 Å². The fraction of sp³-hybridized carbons (Fsp3) is 0.588. The van der Waals surface area contributed by atoms with Gasteiger partial charge >= 0.3 is 6.03 Å². The average Bonchev–Trinajstić information content (AvgIpc) is 2.53. The van der Waals surface area contributed by atoms with Crippen LogP contribution in [-0.2, 0) is 16.4 Å². The van der Waals surface area contributed by atoms with Gasteiger partial charge in [-0.25, -0.2) is 17.9 Å². The Morgan fingerprint density at radius 2 is 1.78 bits per heavy atom. The van der Waals surface area contributed by atoms with E-state index in [1.54, 1.807) is 12.1 Å². The molecule has 1 aliphatic carbocycles. The monoisotopic (exact) mass is 338 g/mol. The third-order valence-corrected chi connectivity index (χ3v) is 5.57. The number of benzene rings is 1. The molecule has 0 heterocycles. The predicted molar refractivity (Wildman–Crippen MR) is 90.8 cm³/mol. The van der Waals surface area contributed by atoms with E-state index in [-0.39, 0.29) is 10.9 Å². The molecule has 0 saturated heterocycles. The molecular weight excluding hydrogens is 312 g/mol. The summed E-state index contributed by atoms with van der Waals surface area (Å²) in [6.45, 7) is 2.12. The van der Waals surface area contributed by atoms with Crippen LogP contribution in [0.15, 0.2) is 29.2 Å². The first kappa shape index (κ1) is 17.8. The fourth-order valence-corrected chi connectivity index (χ4v) is 3.77. The Bertz CT molecular complexity index is 605. The second-order valence-corrected chi connectivity index (χ2v) is 7.84. The van der Waals surface area contributed by atoms with Crippen LogP contribution in [0.4, 0.5) is 4.79 Å². The van der Waals surface area contributed by atoms with Crippen molar-refractivity contribution in [1.29, 1.82) is 0 Å². The SMILES string of the molecule is CCCCc1ccc(S(=O)(=O)NC(=O)NC2CCCCC2)cc1. The zero-order valence-corrected chi connectivity index (χ0v) is 14.5. The topological polar surface area (TPSA) is 75.3 Å². The molecule has 128 valence electrons. The molecule has 0 bridgehead atoms. The zero-order chi connectivity index (χ0) is 16.7. The summed E-state index contributed by atoms with van der Waals surface area (Å²) in [5.74, 6) is 0. The molecule has 1 fully saturated rings. The van der Waals surface area contributed by atoms with Gasteiger partial charge in [0, 0.05) is 6.04 Å². The maximum absolute atomic E-state index is 12.2. The number of unbranched alkanes of at least 4 members (excludes halogenated alkanes) is 1. The lowest BCUT2D eigenvalue weighted by Gasteiger charge is -2.22. The number of carbonyl (C=O) groups excluding carboxylic acids is 1. The molecule has 1 aromatic carbocycles. The fourth-order valence-electron chi connectivity index (χ4n) is 2.86. The van der Waals surface area contributed by atoms with Crippen molar-refractivity contribution in [3.8, 4) is 0 Å². The minimum Gasteiger partial charge on any atom is -0.335 e. The Hall–Kier alpha value is -1.56. The van der Waals surface area contributed by atoms with Crippen molar-refractivity contribution in [1.82, 2.24) is 10.0 Å². The third-order valence-electron chi connectivity index (χ3n) is 4.22. The second kappa shape index (κ2) is 8.34. The Balaban J connectivity index is 1.93. The number of aryl methyl sites for hydroxylation is 1. The van der Waals surface area contributed by atoms with Crippen molar-refractivity contribution < 1.29 is 13.2 Å². The molecule has 0 spiro atoms. The van der Waals surface area contributed by atoms with Gasteiger partial charge in [-0.3, -0.25) is 0 Å². The van der Waals surface area contributed by atoms with E-state index in [1.165, 1.54) is 6.42 Å². The number of carbonyl (C=O) groups is 1. The van der Waals surface area contributed by atoms with Crippen LogP contribution in [0.2, 0.25) is 0 Å². The third kappa shape index (κ3) is 5.53. The first-order valence-corrected chi connectivity index (χ1v) is 9.92. The van der Waals surface area contributed by atoms with Gasteiger partial charge < -0.3 is 5.32 Å². The van der Waals surface area contributed by atoms with Crippen molar-refractivity contribution in [3.05, 3.63) is 29.8 Å². The molecular formula is C17H26N2O3S. The lowest BCUT2D eigenvalue weighted by atomic mass is 9.96. The van der Waals surface area contributed by atoms with E-state index < -0.39 is 16.1 Å². The molecule has 2 N–H and O–H groups in total. The smallest absolute Gasteiger partial charge is 0.328 e. The lowest BCUT2D eigenvalue weighted by molar-refractivity contribution is 0.237. The van der Waals surface area contributed by atoms with Gasteiger partial charge in [0.25, 0.3) is 10.0 Å². The summed E-state index contributed by atoms with van der Waals surface area (Å²) < 4.78 is 26.6. The van der Waals surface area contributed by atoms with E-state index in [2.05, 4.69) is 17.0 Å². The molecule has 1 aliphatic rings. The van der Waals surface area contributed by atoms with Crippen LogP contribution in [0.5, 0.6) is 0 Å². The van der Waals surface area contributed by atoms with Crippen LogP contribution in [-0.4, -0.2) is 20.5 Å². The Morgan fingerprint density at radius 1 is 1.13 bits per heavy atom. The molecule has 1 aromatic rings. The maximum Gasteiger partial charge on any atom is 0.328 e. The van der Waals surface area contributed by atoms with Crippen LogP contribution in [0.3, 0.4) is 0 Å². The van der Waals surface area contributed by atoms with Crippen molar-refractivity contribution in [2.75, 3.05) is 0 Å². The number of hydrogen-bond acceptors (Lipinski definition) is 3. The molecule has 5 nitrogen and oxygen atoms in total. The molecule has 2 rings (SSSR count). The highest BCUT2D eigenvalue weighted by Gasteiger charge is 2.21. The van der Waals surface area contributed by atoms with Crippen LogP contribution in [0, 0.1) is 0 Å². The first-order chi connectivity index (χ1) is 11.0. The van der Waals surface area contributed by atoms with Crippen molar-refractivity contribution in [3.63, 3.8) is 0 Å². The largest absolute Gasteiger partial charge is 0.335 e. The summed E-state index contributed by atoms with van der Waals surface area (Å²) in [5.41, 5.74) is 1.11. The average molecular weight is 338 g/mol. The number of amides is 2. The molecule has 6 heteroatoms. The number of rotatable bonds is 6. The number of hydrogen-bond donors (Lipinski definition) is 2. The Morgan fingerprint density at radius 3 is 2.39 bits per heavy atom. The van der Waals surface area contributed by atoms with Crippen LogP contribution in [0.25, 0.3) is 0 Å². The quantitative estimate of drug-likeness (QED) is 0.835. The molecule has 0 radical (unpaired) electrons. The summed E-state index contributed by atoms with van der Waals surface area (Å²) in [4.78, 5) is 12.0. The highest BCUT2D eigenvalue weighted by molar-refractivity contribution is 7.90. The van der Waals surface area contributed by atoms with Gasteiger partial charge in [-0.05, 0) is 43.4 Å². The highest BCUT2D eigenvalue weighted by Crippen LogP contribution is 2.17. The lowest BCUT2D eigenvalue weighted by Crippen LogP contribution is -2.45. The van der Waals surface area contributed by atoms with E-state index in [0.717, 1.165) is 50.5 Å². The minimum absolute atomic E-state index is 0.0790. The van der Waals surface area contributed by atoms with E-state index in [4.69, 9.17) is 0 Å². The van der Waals surface area contributed by atoms with Gasteiger partial charge in [0.1, 0.15) is 0 Å².